The van der Waals surface area contributed by atoms with Gasteiger partial charge >= 0.3 is 0 Å². The van der Waals surface area contributed by atoms with Crippen LogP contribution in [0.25, 0.3) is 0 Å². The van der Waals surface area contributed by atoms with Gasteiger partial charge in [0.25, 0.3) is 0 Å². The molecule has 0 aromatic carbocycles. The molecule has 0 aliphatic carbocycles. The van der Waals surface area contributed by atoms with Crippen molar-refractivity contribution in [2.45, 2.75) is 58.6 Å². The zero-order valence-corrected chi connectivity index (χ0v) is 12.3. The molecule has 0 spiro atoms. The predicted octanol–water partition coefficient (Wildman–Crippen LogP) is 1.98. The van der Waals surface area contributed by atoms with Gasteiger partial charge in [-0.1, -0.05) is 27.7 Å². The normalized spacial score (nSPS) is 18.2. The maximum atomic E-state index is 10.2. The fourth-order valence-electron chi connectivity index (χ4n) is 2.04. The summed E-state index contributed by atoms with van der Waals surface area (Å²) in [5.74, 6) is 1.24. The molecule has 13 heavy (non-hydrogen) atoms. The number of aliphatic hydroxyl groups is 1. The quantitative estimate of drug-likeness (QED) is 0.691. The summed E-state index contributed by atoms with van der Waals surface area (Å²) in [6.07, 6.45) is 1.14. The lowest BCUT2D eigenvalue weighted by Crippen LogP contribution is -2.42. The molecule has 0 saturated carbocycles. The molecule has 0 aliphatic rings. The molecular weight excluding hydrogens is 176 g/mol. The minimum atomic E-state index is -0.530. The van der Waals surface area contributed by atoms with Crippen molar-refractivity contribution in [2.24, 2.45) is 11.8 Å². The second-order valence-electron chi connectivity index (χ2n) is 5.73. The summed E-state index contributed by atoms with van der Waals surface area (Å²) in [6, 6.07) is 0. The fourth-order valence-corrected chi connectivity index (χ4v) is 2.86. The second-order valence-corrected chi connectivity index (χ2v) is 7.51. The highest BCUT2D eigenvalue weighted by molar-refractivity contribution is 6.16. The van der Waals surface area contributed by atoms with Crippen LogP contribution in [0.3, 0.4) is 0 Å². The van der Waals surface area contributed by atoms with Crippen molar-refractivity contribution in [2.75, 3.05) is 0 Å². The molecule has 1 nitrogen and oxygen atoms in total. The Bertz CT molecular complexity index is 158. The summed E-state index contributed by atoms with van der Waals surface area (Å²) >= 11 is 0. The van der Waals surface area contributed by atoms with E-state index in [0.717, 1.165) is 16.7 Å². The largest absolute Gasteiger partial charge is 0.390 e. The standard InChI is InChI=1S/C11H26OSi/c1-8(2)7-11(13,9(3)4)10(5,6)12/h8-9,12H,7H2,1-6,13H3. The first-order valence-corrected chi connectivity index (χ1v) is 6.33. The summed E-state index contributed by atoms with van der Waals surface area (Å²) in [5, 5.41) is 10.3. The Morgan fingerprint density at radius 2 is 1.54 bits per heavy atom. The average molecular weight is 202 g/mol. The van der Waals surface area contributed by atoms with Gasteiger partial charge in [0.1, 0.15) is 0 Å². The first kappa shape index (κ1) is 13.2. The highest BCUT2D eigenvalue weighted by Gasteiger charge is 2.41. The van der Waals surface area contributed by atoms with E-state index >= 15 is 0 Å². The van der Waals surface area contributed by atoms with Crippen LogP contribution in [0, 0.1) is 11.8 Å². The molecule has 0 amide bonds. The second kappa shape index (κ2) is 4.14. The third-order valence-electron chi connectivity index (χ3n) is 3.50. The summed E-state index contributed by atoms with van der Waals surface area (Å²) in [5.41, 5.74) is -0.530. The van der Waals surface area contributed by atoms with E-state index in [1.807, 2.05) is 13.8 Å². The third kappa shape index (κ3) is 3.10. The van der Waals surface area contributed by atoms with Gasteiger partial charge in [-0.25, -0.2) is 0 Å². The van der Waals surface area contributed by atoms with E-state index in [4.69, 9.17) is 0 Å². The zero-order valence-electron chi connectivity index (χ0n) is 10.3. The van der Waals surface area contributed by atoms with E-state index in [9.17, 15) is 5.11 Å². The SMILES string of the molecule is CC(C)CC([SiH3])(C(C)C)C(C)(C)O. The molecule has 0 saturated heterocycles. The Kier molecular flexibility index (Phi) is 4.19. The molecule has 0 rings (SSSR count). The molecule has 1 atom stereocenters. The molecule has 1 unspecified atom stereocenters. The molecule has 0 fully saturated rings. The van der Waals surface area contributed by atoms with E-state index in [1.165, 1.54) is 0 Å². The van der Waals surface area contributed by atoms with Crippen LogP contribution in [0.2, 0.25) is 5.04 Å². The first-order chi connectivity index (χ1) is 5.61. The molecule has 1 N–H and O–H groups in total. The fraction of sp³-hybridized carbons (Fsp3) is 1.00. The van der Waals surface area contributed by atoms with Crippen molar-refractivity contribution < 1.29 is 5.11 Å². The Morgan fingerprint density at radius 3 is 1.62 bits per heavy atom. The van der Waals surface area contributed by atoms with Crippen molar-refractivity contribution in [1.82, 2.24) is 0 Å². The molecule has 0 aromatic heterocycles. The van der Waals surface area contributed by atoms with Crippen molar-refractivity contribution in [3.63, 3.8) is 0 Å². The van der Waals surface area contributed by atoms with Crippen LogP contribution in [-0.4, -0.2) is 21.0 Å². The van der Waals surface area contributed by atoms with Gasteiger partial charge in [-0.2, -0.15) is 0 Å². The van der Waals surface area contributed by atoms with E-state index in [0.29, 0.717) is 11.8 Å². The van der Waals surface area contributed by atoms with Crippen LogP contribution in [0.15, 0.2) is 0 Å². The van der Waals surface area contributed by atoms with Gasteiger partial charge < -0.3 is 5.11 Å². The number of hydrogen-bond acceptors (Lipinski definition) is 1. The first-order valence-electron chi connectivity index (χ1n) is 5.33. The van der Waals surface area contributed by atoms with Gasteiger partial charge in [0.15, 0.2) is 0 Å². The molecule has 0 aromatic rings. The lowest BCUT2D eigenvalue weighted by molar-refractivity contribution is -0.000630. The van der Waals surface area contributed by atoms with Crippen LogP contribution < -0.4 is 0 Å². The summed E-state index contributed by atoms with van der Waals surface area (Å²) in [6.45, 7) is 12.9. The molecule has 0 heterocycles. The summed E-state index contributed by atoms with van der Waals surface area (Å²) in [7, 11) is 1.06. The highest BCUT2D eigenvalue weighted by atomic mass is 28.1. The van der Waals surface area contributed by atoms with Gasteiger partial charge in [0.2, 0.25) is 0 Å². The number of hydrogen-bond donors (Lipinski definition) is 1. The van der Waals surface area contributed by atoms with Crippen LogP contribution in [0.5, 0.6) is 0 Å². The van der Waals surface area contributed by atoms with Gasteiger partial charge in [-0.15, -0.1) is 0 Å². The van der Waals surface area contributed by atoms with Gasteiger partial charge in [0, 0.05) is 10.2 Å². The lowest BCUT2D eigenvalue weighted by atomic mass is 9.75. The van der Waals surface area contributed by atoms with Crippen LogP contribution >= 0.6 is 0 Å². The smallest absolute Gasteiger partial charge is 0.0617 e. The molecular formula is C11H26OSi. The summed E-state index contributed by atoms with van der Waals surface area (Å²) < 4.78 is 0. The maximum absolute atomic E-state index is 10.2. The van der Waals surface area contributed by atoms with Crippen molar-refractivity contribution >= 4 is 10.2 Å². The third-order valence-corrected chi connectivity index (χ3v) is 6.29. The molecule has 80 valence electrons. The Morgan fingerprint density at radius 1 is 1.15 bits per heavy atom. The minimum Gasteiger partial charge on any atom is -0.390 e. The molecule has 0 bridgehead atoms. The Balaban J connectivity index is 4.74. The monoisotopic (exact) mass is 202 g/mol. The van der Waals surface area contributed by atoms with E-state index < -0.39 is 5.60 Å². The van der Waals surface area contributed by atoms with Crippen molar-refractivity contribution in [1.29, 1.82) is 0 Å². The van der Waals surface area contributed by atoms with Gasteiger partial charge in [-0.05, 0) is 37.1 Å². The van der Waals surface area contributed by atoms with E-state index in [2.05, 4.69) is 27.7 Å². The van der Waals surface area contributed by atoms with Gasteiger partial charge in [-0.3, -0.25) is 0 Å². The van der Waals surface area contributed by atoms with Crippen LogP contribution in [-0.2, 0) is 0 Å². The molecule has 0 aliphatic heterocycles. The molecule has 0 radical (unpaired) electrons. The molecule has 2 heteroatoms. The van der Waals surface area contributed by atoms with E-state index in [-0.39, 0.29) is 5.04 Å². The maximum Gasteiger partial charge on any atom is 0.0617 e. The lowest BCUT2D eigenvalue weighted by Gasteiger charge is -2.45. The predicted molar refractivity (Wildman–Crippen MR) is 63.2 cm³/mol. The van der Waals surface area contributed by atoms with Gasteiger partial charge in [0.05, 0.1) is 5.60 Å². The van der Waals surface area contributed by atoms with Crippen LogP contribution in [0.1, 0.15) is 48.0 Å². The Labute approximate surface area is 86.4 Å². The summed E-state index contributed by atoms with van der Waals surface area (Å²) in [4.78, 5) is 0. The Hall–Kier alpha value is 0.177. The highest BCUT2D eigenvalue weighted by Crippen LogP contribution is 2.47. The van der Waals surface area contributed by atoms with Crippen molar-refractivity contribution in [3.8, 4) is 0 Å². The minimum absolute atomic E-state index is 0.154. The van der Waals surface area contributed by atoms with Crippen molar-refractivity contribution in [3.05, 3.63) is 0 Å². The average Bonchev–Trinajstić information content (AvgIpc) is 1.82. The zero-order chi connectivity index (χ0) is 10.9. The van der Waals surface area contributed by atoms with Crippen LogP contribution in [0.4, 0.5) is 0 Å². The number of rotatable bonds is 4. The van der Waals surface area contributed by atoms with E-state index in [1.54, 1.807) is 0 Å². The topological polar surface area (TPSA) is 20.2 Å².